The molecule has 1 N–H and O–H groups in total. The molecule has 3 aromatic rings. The van der Waals surface area contributed by atoms with Crippen molar-refractivity contribution in [2.75, 3.05) is 38.4 Å². The third-order valence-corrected chi connectivity index (χ3v) is 7.50. The molecule has 1 aliphatic carbocycles. The number of anilines is 2. The summed E-state index contributed by atoms with van der Waals surface area (Å²) in [6.45, 7) is 0. The number of nitrogens with zero attached hydrogens (tertiary/aromatic N) is 4. The van der Waals surface area contributed by atoms with E-state index in [1.165, 1.54) is 38.4 Å². The van der Waals surface area contributed by atoms with Crippen molar-refractivity contribution in [2.24, 2.45) is 0 Å². The minimum atomic E-state index is -3.67. The van der Waals surface area contributed by atoms with Gasteiger partial charge in [-0.15, -0.1) is 0 Å². The van der Waals surface area contributed by atoms with Gasteiger partial charge in [-0.25, -0.2) is 21.8 Å². The number of rotatable bonds is 6. The standard InChI is InChI=1S/C23H26FN5O3S/c1-27(2)21-13-12-17(33(31,32)28(3)4)14-19(21)25-23(30)22-18-6-5-7-20(18)29(26-22)16-10-8-15(24)9-11-16/h8-14H,5-7H2,1-4H3,(H,25,30). The van der Waals surface area contributed by atoms with Gasteiger partial charge in [0.25, 0.3) is 5.91 Å². The van der Waals surface area contributed by atoms with E-state index in [4.69, 9.17) is 0 Å². The maximum absolute atomic E-state index is 13.4. The predicted molar refractivity (Wildman–Crippen MR) is 125 cm³/mol. The first-order valence-corrected chi connectivity index (χ1v) is 12.0. The molecule has 0 fully saturated rings. The second-order valence-electron chi connectivity index (χ2n) is 8.33. The van der Waals surface area contributed by atoms with Gasteiger partial charge in [-0.3, -0.25) is 4.79 Å². The Morgan fingerprint density at radius 3 is 2.39 bits per heavy atom. The van der Waals surface area contributed by atoms with E-state index in [1.54, 1.807) is 27.8 Å². The lowest BCUT2D eigenvalue weighted by Gasteiger charge is -2.20. The highest BCUT2D eigenvalue weighted by Gasteiger charge is 2.28. The monoisotopic (exact) mass is 471 g/mol. The van der Waals surface area contributed by atoms with E-state index in [0.29, 0.717) is 17.1 Å². The van der Waals surface area contributed by atoms with Crippen molar-refractivity contribution in [3.63, 3.8) is 0 Å². The fourth-order valence-electron chi connectivity index (χ4n) is 3.97. The summed E-state index contributed by atoms with van der Waals surface area (Å²) in [4.78, 5) is 15.2. The number of carbonyl (C=O) groups excluding carboxylic acids is 1. The highest BCUT2D eigenvalue weighted by molar-refractivity contribution is 7.89. The second-order valence-corrected chi connectivity index (χ2v) is 10.5. The summed E-state index contributed by atoms with van der Waals surface area (Å²) < 4.78 is 41.4. The van der Waals surface area contributed by atoms with Crippen LogP contribution in [0.2, 0.25) is 0 Å². The maximum atomic E-state index is 13.4. The molecular formula is C23H26FN5O3S. The quantitative estimate of drug-likeness (QED) is 0.597. The molecule has 8 nitrogen and oxygen atoms in total. The zero-order valence-electron chi connectivity index (χ0n) is 19.0. The Balaban J connectivity index is 1.73. The summed E-state index contributed by atoms with van der Waals surface area (Å²) in [5.74, 6) is -0.763. The highest BCUT2D eigenvalue weighted by Crippen LogP contribution is 2.31. The lowest BCUT2D eigenvalue weighted by atomic mass is 10.2. The van der Waals surface area contributed by atoms with Crippen molar-refractivity contribution >= 4 is 27.3 Å². The highest BCUT2D eigenvalue weighted by atomic mass is 32.2. The Labute approximate surface area is 192 Å². The molecule has 1 aliphatic rings. The minimum Gasteiger partial charge on any atom is -0.376 e. The summed E-state index contributed by atoms with van der Waals surface area (Å²) in [5, 5.41) is 7.41. The first-order chi connectivity index (χ1) is 15.6. The molecule has 0 saturated carbocycles. The SMILES string of the molecule is CN(C)c1ccc(S(=O)(=O)N(C)C)cc1NC(=O)c1nn(-c2ccc(F)cc2)c2c1CCC2. The molecule has 4 rings (SSSR count). The van der Waals surface area contributed by atoms with E-state index in [9.17, 15) is 17.6 Å². The summed E-state index contributed by atoms with van der Waals surface area (Å²) in [5.41, 5.74) is 3.80. The van der Waals surface area contributed by atoms with Crippen molar-refractivity contribution in [1.29, 1.82) is 0 Å². The van der Waals surface area contributed by atoms with Crippen LogP contribution in [0.1, 0.15) is 28.2 Å². The van der Waals surface area contributed by atoms with Crippen molar-refractivity contribution in [3.05, 3.63) is 65.2 Å². The molecule has 33 heavy (non-hydrogen) atoms. The summed E-state index contributed by atoms with van der Waals surface area (Å²) >= 11 is 0. The zero-order chi connectivity index (χ0) is 23.9. The van der Waals surface area contributed by atoms with E-state index in [1.807, 2.05) is 14.1 Å². The number of amides is 1. The third-order valence-electron chi connectivity index (χ3n) is 5.69. The van der Waals surface area contributed by atoms with Gasteiger partial charge in [-0.2, -0.15) is 5.10 Å². The van der Waals surface area contributed by atoms with Crippen molar-refractivity contribution < 1.29 is 17.6 Å². The first-order valence-electron chi connectivity index (χ1n) is 10.5. The molecule has 174 valence electrons. The Bertz CT molecular complexity index is 1310. The van der Waals surface area contributed by atoms with Crippen LogP contribution in [-0.4, -0.2) is 56.6 Å². The van der Waals surface area contributed by atoms with Crippen LogP contribution in [0, 0.1) is 5.82 Å². The molecule has 0 bridgehead atoms. The Kier molecular flexibility index (Phi) is 5.98. The first kappa shape index (κ1) is 22.9. The van der Waals surface area contributed by atoms with Gasteiger partial charge in [-0.05, 0) is 61.7 Å². The van der Waals surface area contributed by atoms with Gasteiger partial charge in [0.15, 0.2) is 5.69 Å². The molecule has 0 spiro atoms. The van der Waals surface area contributed by atoms with Gasteiger partial charge in [0.05, 0.1) is 22.0 Å². The number of halogens is 1. The van der Waals surface area contributed by atoms with Crippen LogP contribution in [0.3, 0.4) is 0 Å². The average molecular weight is 472 g/mol. The van der Waals surface area contributed by atoms with Crippen molar-refractivity contribution in [2.45, 2.75) is 24.2 Å². The van der Waals surface area contributed by atoms with E-state index >= 15 is 0 Å². The molecule has 0 unspecified atom stereocenters. The molecule has 0 radical (unpaired) electrons. The number of aromatic nitrogens is 2. The van der Waals surface area contributed by atoms with E-state index in [0.717, 1.165) is 34.8 Å². The van der Waals surface area contributed by atoms with Crippen LogP contribution in [-0.2, 0) is 22.9 Å². The van der Waals surface area contributed by atoms with Gasteiger partial charge in [0.1, 0.15) is 5.82 Å². The summed E-state index contributed by atoms with van der Waals surface area (Å²) in [6.07, 6.45) is 2.38. The fraction of sp³-hybridized carbons (Fsp3) is 0.304. The summed E-state index contributed by atoms with van der Waals surface area (Å²) in [7, 11) is 2.86. The van der Waals surface area contributed by atoms with E-state index in [2.05, 4.69) is 10.4 Å². The lowest BCUT2D eigenvalue weighted by Crippen LogP contribution is -2.23. The molecule has 0 atom stereocenters. The molecule has 0 saturated heterocycles. The van der Waals surface area contributed by atoms with E-state index < -0.39 is 15.9 Å². The lowest BCUT2D eigenvalue weighted by molar-refractivity contribution is 0.102. The Morgan fingerprint density at radius 1 is 1.06 bits per heavy atom. The molecule has 1 heterocycles. The number of carbonyl (C=O) groups is 1. The second kappa shape index (κ2) is 8.60. The minimum absolute atomic E-state index is 0.0791. The van der Waals surface area contributed by atoms with Gasteiger partial charge in [0.2, 0.25) is 10.0 Å². The number of sulfonamides is 1. The summed E-state index contributed by atoms with van der Waals surface area (Å²) in [6, 6.07) is 10.6. The molecular weight excluding hydrogens is 445 g/mol. The average Bonchev–Trinajstić information content (AvgIpc) is 3.37. The van der Waals surface area contributed by atoms with Crippen molar-refractivity contribution in [1.82, 2.24) is 14.1 Å². The number of nitrogens with one attached hydrogen (secondary N) is 1. The van der Waals surface area contributed by atoms with Crippen LogP contribution in [0.15, 0.2) is 47.4 Å². The van der Waals surface area contributed by atoms with Crippen molar-refractivity contribution in [3.8, 4) is 5.69 Å². The van der Waals surface area contributed by atoms with Gasteiger partial charge in [0, 0.05) is 39.4 Å². The maximum Gasteiger partial charge on any atom is 0.276 e. The van der Waals surface area contributed by atoms with Crippen LogP contribution < -0.4 is 10.2 Å². The largest absolute Gasteiger partial charge is 0.376 e. The smallest absolute Gasteiger partial charge is 0.276 e. The molecule has 1 aromatic heterocycles. The van der Waals surface area contributed by atoms with Crippen LogP contribution in [0.4, 0.5) is 15.8 Å². The number of benzene rings is 2. The Hall–Kier alpha value is -3.24. The number of fused-ring (bicyclic) bond motifs is 1. The van der Waals surface area contributed by atoms with Crippen LogP contribution >= 0.6 is 0 Å². The molecule has 0 aliphatic heterocycles. The fourth-order valence-corrected chi connectivity index (χ4v) is 4.90. The molecule has 10 heteroatoms. The van der Waals surface area contributed by atoms with Crippen LogP contribution in [0.5, 0.6) is 0 Å². The zero-order valence-corrected chi connectivity index (χ0v) is 19.8. The number of hydrogen-bond acceptors (Lipinski definition) is 5. The predicted octanol–water partition coefficient (Wildman–Crippen LogP) is 3.07. The molecule has 2 aromatic carbocycles. The Morgan fingerprint density at radius 2 is 1.76 bits per heavy atom. The van der Waals surface area contributed by atoms with E-state index in [-0.39, 0.29) is 16.4 Å². The van der Waals surface area contributed by atoms with Gasteiger partial charge in [-0.1, -0.05) is 0 Å². The molecule has 1 amide bonds. The topological polar surface area (TPSA) is 87.5 Å². The van der Waals surface area contributed by atoms with Gasteiger partial charge >= 0.3 is 0 Å². The third kappa shape index (κ3) is 4.23. The number of hydrogen-bond donors (Lipinski definition) is 1. The normalized spacial score (nSPS) is 13.3. The van der Waals surface area contributed by atoms with Gasteiger partial charge < -0.3 is 10.2 Å². The van der Waals surface area contributed by atoms with Crippen LogP contribution in [0.25, 0.3) is 5.69 Å².